The van der Waals surface area contributed by atoms with E-state index in [9.17, 15) is 9.90 Å². The van der Waals surface area contributed by atoms with Gasteiger partial charge >= 0.3 is 0 Å². The van der Waals surface area contributed by atoms with Crippen molar-refractivity contribution in [3.63, 3.8) is 0 Å². The van der Waals surface area contributed by atoms with Gasteiger partial charge in [-0.2, -0.15) is 0 Å². The molecule has 21 heavy (non-hydrogen) atoms. The summed E-state index contributed by atoms with van der Waals surface area (Å²) in [6.45, 7) is 2.21. The average Bonchev–Trinajstić information content (AvgIpc) is 3.01. The highest BCUT2D eigenvalue weighted by atomic mass is 16.3. The van der Waals surface area contributed by atoms with E-state index in [1.807, 2.05) is 12.1 Å². The highest BCUT2D eigenvalue weighted by molar-refractivity contribution is 5.91. The summed E-state index contributed by atoms with van der Waals surface area (Å²) in [6.07, 6.45) is 7.69. The van der Waals surface area contributed by atoms with Gasteiger partial charge in [0.05, 0.1) is 12.1 Å². The molecule has 0 saturated heterocycles. The van der Waals surface area contributed by atoms with E-state index in [0.717, 1.165) is 31.4 Å². The van der Waals surface area contributed by atoms with Crippen LogP contribution in [0.15, 0.2) is 22.6 Å². The van der Waals surface area contributed by atoms with Crippen LogP contribution in [0.4, 0.5) is 0 Å². The van der Waals surface area contributed by atoms with Crippen molar-refractivity contribution in [3.8, 4) is 0 Å². The SMILES string of the molecule is CC1CC1c1ccc(C=CC(=O)NC2CCCCC2O)o1. The lowest BCUT2D eigenvalue weighted by Crippen LogP contribution is -2.44. The van der Waals surface area contributed by atoms with Crippen LogP contribution in [0.3, 0.4) is 0 Å². The van der Waals surface area contributed by atoms with Crippen molar-refractivity contribution in [2.75, 3.05) is 0 Å². The highest BCUT2D eigenvalue weighted by Gasteiger charge is 2.36. The second kappa shape index (κ2) is 6.06. The first-order valence-electron chi connectivity index (χ1n) is 7.90. The maximum absolute atomic E-state index is 11.9. The molecular weight excluding hydrogens is 266 g/mol. The minimum atomic E-state index is -0.414. The second-order valence-electron chi connectivity index (χ2n) is 6.36. The molecule has 1 amide bonds. The van der Waals surface area contributed by atoms with Gasteiger partial charge in [-0.1, -0.05) is 19.8 Å². The van der Waals surface area contributed by atoms with E-state index in [4.69, 9.17) is 4.42 Å². The Bertz CT molecular complexity index is 534. The molecule has 1 heterocycles. The number of aliphatic hydroxyl groups excluding tert-OH is 1. The zero-order valence-corrected chi connectivity index (χ0v) is 12.4. The molecule has 2 fully saturated rings. The van der Waals surface area contributed by atoms with E-state index in [0.29, 0.717) is 17.6 Å². The number of hydrogen-bond acceptors (Lipinski definition) is 3. The van der Waals surface area contributed by atoms with E-state index in [1.165, 1.54) is 12.5 Å². The molecule has 0 aromatic carbocycles. The smallest absolute Gasteiger partial charge is 0.244 e. The standard InChI is InChI=1S/C17H23NO3/c1-11-10-13(11)16-8-6-12(21-16)7-9-17(20)18-14-4-2-3-5-15(14)19/h6-9,11,13-15,19H,2-5,10H2,1H3,(H,18,20). The molecular formula is C17H23NO3. The van der Waals surface area contributed by atoms with E-state index in [1.54, 1.807) is 6.08 Å². The number of carbonyl (C=O) groups excluding carboxylic acids is 1. The van der Waals surface area contributed by atoms with Gasteiger partial charge in [0, 0.05) is 12.0 Å². The summed E-state index contributed by atoms with van der Waals surface area (Å²) in [5, 5.41) is 12.7. The van der Waals surface area contributed by atoms with Gasteiger partial charge in [0.2, 0.25) is 5.91 Å². The Balaban J connectivity index is 1.53. The maximum atomic E-state index is 11.9. The van der Waals surface area contributed by atoms with E-state index in [-0.39, 0.29) is 11.9 Å². The third-order valence-corrected chi connectivity index (χ3v) is 4.58. The molecule has 3 rings (SSSR count). The Kier molecular flexibility index (Phi) is 4.15. The minimum absolute atomic E-state index is 0.115. The Morgan fingerprint density at radius 3 is 2.86 bits per heavy atom. The van der Waals surface area contributed by atoms with Gasteiger partial charge in [-0.25, -0.2) is 0 Å². The molecule has 0 bridgehead atoms. The molecule has 4 atom stereocenters. The van der Waals surface area contributed by atoms with Crippen LogP contribution in [0.5, 0.6) is 0 Å². The van der Waals surface area contributed by atoms with E-state index < -0.39 is 6.10 Å². The quantitative estimate of drug-likeness (QED) is 0.838. The van der Waals surface area contributed by atoms with Crippen LogP contribution >= 0.6 is 0 Å². The lowest BCUT2D eigenvalue weighted by atomic mass is 9.92. The van der Waals surface area contributed by atoms with Crippen LogP contribution in [0.1, 0.15) is 56.5 Å². The van der Waals surface area contributed by atoms with Gasteiger partial charge in [0.15, 0.2) is 0 Å². The summed E-state index contributed by atoms with van der Waals surface area (Å²) in [4.78, 5) is 11.9. The second-order valence-corrected chi connectivity index (χ2v) is 6.36. The third-order valence-electron chi connectivity index (χ3n) is 4.58. The Morgan fingerprint density at radius 1 is 1.38 bits per heavy atom. The van der Waals surface area contributed by atoms with Gasteiger partial charge in [-0.3, -0.25) is 4.79 Å². The molecule has 2 N–H and O–H groups in total. The van der Waals surface area contributed by atoms with Crippen LogP contribution in [0.2, 0.25) is 0 Å². The Hall–Kier alpha value is -1.55. The van der Waals surface area contributed by atoms with E-state index >= 15 is 0 Å². The highest BCUT2D eigenvalue weighted by Crippen LogP contribution is 2.47. The lowest BCUT2D eigenvalue weighted by Gasteiger charge is -2.27. The zero-order valence-electron chi connectivity index (χ0n) is 12.4. The van der Waals surface area contributed by atoms with Crippen molar-refractivity contribution < 1.29 is 14.3 Å². The summed E-state index contributed by atoms with van der Waals surface area (Å²) in [5.41, 5.74) is 0. The Labute approximate surface area is 125 Å². The summed E-state index contributed by atoms with van der Waals surface area (Å²) in [5.74, 6) is 2.83. The monoisotopic (exact) mass is 289 g/mol. The van der Waals surface area contributed by atoms with Crippen molar-refractivity contribution in [2.24, 2.45) is 5.92 Å². The van der Waals surface area contributed by atoms with Gasteiger partial charge in [0.25, 0.3) is 0 Å². The molecule has 114 valence electrons. The number of nitrogens with one attached hydrogen (secondary N) is 1. The van der Waals surface area contributed by atoms with Gasteiger partial charge < -0.3 is 14.8 Å². The van der Waals surface area contributed by atoms with Gasteiger partial charge in [-0.05, 0) is 43.4 Å². The molecule has 0 spiro atoms. The first-order valence-corrected chi connectivity index (χ1v) is 7.90. The van der Waals surface area contributed by atoms with Crippen molar-refractivity contribution in [1.82, 2.24) is 5.32 Å². The molecule has 2 saturated carbocycles. The molecule has 1 aromatic heterocycles. The zero-order chi connectivity index (χ0) is 14.8. The number of furan rings is 1. The molecule has 2 aliphatic carbocycles. The van der Waals surface area contributed by atoms with Crippen LogP contribution in [0.25, 0.3) is 6.08 Å². The molecule has 1 aromatic rings. The average molecular weight is 289 g/mol. The van der Waals surface area contributed by atoms with Gasteiger partial charge in [0.1, 0.15) is 11.5 Å². The fourth-order valence-electron chi connectivity index (χ4n) is 3.04. The largest absolute Gasteiger partial charge is 0.461 e. The van der Waals surface area contributed by atoms with Crippen LogP contribution in [-0.4, -0.2) is 23.2 Å². The first-order chi connectivity index (χ1) is 10.1. The minimum Gasteiger partial charge on any atom is -0.461 e. The molecule has 0 aliphatic heterocycles. The fourth-order valence-corrected chi connectivity index (χ4v) is 3.04. The number of aliphatic hydroxyl groups is 1. The summed E-state index contributed by atoms with van der Waals surface area (Å²) in [7, 11) is 0. The predicted molar refractivity (Wildman–Crippen MR) is 80.7 cm³/mol. The van der Waals surface area contributed by atoms with Crippen molar-refractivity contribution >= 4 is 12.0 Å². The van der Waals surface area contributed by atoms with Crippen molar-refractivity contribution in [2.45, 2.75) is 57.1 Å². The molecule has 4 heteroatoms. The lowest BCUT2D eigenvalue weighted by molar-refractivity contribution is -0.118. The Morgan fingerprint density at radius 2 is 2.14 bits per heavy atom. The number of amides is 1. The maximum Gasteiger partial charge on any atom is 0.244 e. The molecule has 4 nitrogen and oxygen atoms in total. The molecule has 0 radical (unpaired) electrons. The van der Waals surface area contributed by atoms with Crippen LogP contribution < -0.4 is 5.32 Å². The number of hydrogen-bond donors (Lipinski definition) is 2. The summed E-state index contributed by atoms with van der Waals surface area (Å²) < 4.78 is 5.72. The third kappa shape index (κ3) is 3.56. The fraction of sp³-hybridized carbons (Fsp3) is 0.588. The normalized spacial score (nSPS) is 32.3. The van der Waals surface area contributed by atoms with Crippen LogP contribution in [-0.2, 0) is 4.79 Å². The van der Waals surface area contributed by atoms with E-state index in [2.05, 4.69) is 12.2 Å². The van der Waals surface area contributed by atoms with Crippen LogP contribution in [0, 0.1) is 5.92 Å². The van der Waals surface area contributed by atoms with Crippen molar-refractivity contribution in [3.05, 3.63) is 29.7 Å². The molecule has 4 unspecified atom stereocenters. The number of carbonyl (C=O) groups is 1. The molecule has 2 aliphatic rings. The van der Waals surface area contributed by atoms with Gasteiger partial charge in [-0.15, -0.1) is 0 Å². The van der Waals surface area contributed by atoms with Crippen molar-refractivity contribution in [1.29, 1.82) is 0 Å². The predicted octanol–water partition coefficient (Wildman–Crippen LogP) is 2.84. The number of rotatable bonds is 4. The summed E-state index contributed by atoms with van der Waals surface area (Å²) >= 11 is 0. The summed E-state index contributed by atoms with van der Waals surface area (Å²) in [6, 6.07) is 3.78. The first kappa shape index (κ1) is 14.4. The topological polar surface area (TPSA) is 62.5 Å².